The van der Waals surface area contributed by atoms with Crippen LogP contribution in [-0.2, 0) is 13.0 Å². The molecule has 0 aliphatic carbocycles. The Labute approximate surface area is 164 Å². The molecule has 142 valence electrons. The number of methoxy groups -OCH3 is 1. The number of fused-ring (bicyclic) bond motifs is 1. The average Bonchev–Trinajstić information content (AvgIpc) is 3.10. The van der Waals surface area contributed by atoms with E-state index in [1.54, 1.807) is 18.4 Å². The van der Waals surface area contributed by atoms with Gasteiger partial charge in [-0.05, 0) is 48.4 Å². The third-order valence-electron chi connectivity index (χ3n) is 4.18. The Kier molecular flexibility index (Phi) is 6.65. The first kappa shape index (κ1) is 19.2. The third kappa shape index (κ3) is 5.44. The molecule has 0 amide bonds. The summed E-state index contributed by atoms with van der Waals surface area (Å²) in [6.07, 6.45) is 2.83. The maximum absolute atomic E-state index is 5.29. The molecule has 0 unspecified atom stereocenters. The minimum Gasteiger partial charge on any atom is -0.497 e. The SMILES string of the molecule is CCNC(=NCc1ccc2cc(OC)ccc2c1)NCCc1ncc(C)s1. The lowest BCUT2D eigenvalue weighted by molar-refractivity contribution is 0.415. The van der Waals surface area contributed by atoms with Crippen LogP contribution in [0.15, 0.2) is 47.6 Å². The zero-order valence-electron chi connectivity index (χ0n) is 16.1. The summed E-state index contributed by atoms with van der Waals surface area (Å²) in [7, 11) is 1.69. The van der Waals surface area contributed by atoms with Gasteiger partial charge >= 0.3 is 0 Å². The fourth-order valence-electron chi connectivity index (χ4n) is 2.82. The van der Waals surface area contributed by atoms with Crippen molar-refractivity contribution in [3.8, 4) is 5.75 Å². The molecule has 0 aliphatic heterocycles. The Morgan fingerprint density at radius 2 is 1.96 bits per heavy atom. The number of aromatic nitrogens is 1. The summed E-state index contributed by atoms with van der Waals surface area (Å²) >= 11 is 1.75. The molecule has 2 aromatic carbocycles. The lowest BCUT2D eigenvalue weighted by atomic mass is 10.1. The van der Waals surface area contributed by atoms with Gasteiger partial charge in [-0.2, -0.15) is 0 Å². The molecule has 0 spiro atoms. The van der Waals surface area contributed by atoms with E-state index in [9.17, 15) is 0 Å². The number of aliphatic imine (C=N–C) groups is 1. The maximum Gasteiger partial charge on any atom is 0.191 e. The fourth-order valence-corrected chi connectivity index (χ4v) is 3.60. The highest BCUT2D eigenvalue weighted by atomic mass is 32.1. The molecule has 0 fully saturated rings. The molecule has 3 rings (SSSR count). The zero-order chi connectivity index (χ0) is 19.1. The highest BCUT2D eigenvalue weighted by Crippen LogP contribution is 2.22. The van der Waals surface area contributed by atoms with Crippen molar-refractivity contribution in [3.63, 3.8) is 0 Å². The van der Waals surface area contributed by atoms with Gasteiger partial charge in [-0.1, -0.05) is 18.2 Å². The summed E-state index contributed by atoms with van der Waals surface area (Å²) in [5.74, 6) is 1.71. The van der Waals surface area contributed by atoms with E-state index in [2.05, 4.69) is 53.7 Å². The van der Waals surface area contributed by atoms with Crippen molar-refractivity contribution in [2.24, 2.45) is 4.99 Å². The predicted octanol–water partition coefficient (Wildman–Crippen LogP) is 3.91. The number of nitrogens with zero attached hydrogens (tertiary/aromatic N) is 2. The number of hydrogen-bond donors (Lipinski definition) is 2. The van der Waals surface area contributed by atoms with E-state index >= 15 is 0 Å². The normalized spacial score (nSPS) is 11.6. The summed E-state index contributed by atoms with van der Waals surface area (Å²) < 4.78 is 5.29. The molecule has 1 heterocycles. The fraction of sp³-hybridized carbons (Fsp3) is 0.333. The number of rotatable bonds is 7. The van der Waals surface area contributed by atoms with Crippen LogP contribution in [0.2, 0.25) is 0 Å². The summed E-state index contributed by atoms with van der Waals surface area (Å²) in [4.78, 5) is 10.4. The van der Waals surface area contributed by atoms with Gasteiger partial charge in [0.2, 0.25) is 0 Å². The van der Waals surface area contributed by atoms with Crippen molar-refractivity contribution in [2.45, 2.75) is 26.8 Å². The Morgan fingerprint density at radius 1 is 1.15 bits per heavy atom. The Balaban J connectivity index is 1.62. The molecule has 2 N–H and O–H groups in total. The summed E-state index contributed by atoms with van der Waals surface area (Å²) in [6, 6.07) is 12.5. The first-order valence-corrected chi connectivity index (χ1v) is 9.99. The summed E-state index contributed by atoms with van der Waals surface area (Å²) in [6.45, 7) is 6.44. The number of guanidine groups is 1. The van der Waals surface area contributed by atoms with Crippen LogP contribution in [-0.4, -0.2) is 31.1 Å². The van der Waals surface area contributed by atoms with Crippen LogP contribution in [0.25, 0.3) is 10.8 Å². The number of thiazole rings is 1. The number of nitrogens with one attached hydrogen (secondary N) is 2. The van der Waals surface area contributed by atoms with Crippen LogP contribution in [0.5, 0.6) is 5.75 Å². The van der Waals surface area contributed by atoms with Crippen LogP contribution < -0.4 is 15.4 Å². The number of aryl methyl sites for hydroxylation is 1. The topological polar surface area (TPSA) is 58.5 Å². The van der Waals surface area contributed by atoms with Crippen molar-refractivity contribution in [3.05, 3.63) is 58.0 Å². The molecular weight excluding hydrogens is 356 g/mol. The van der Waals surface area contributed by atoms with E-state index in [0.717, 1.165) is 36.2 Å². The van der Waals surface area contributed by atoms with E-state index in [-0.39, 0.29) is 0 Å². The second-order valence-corrected chi connectivity index (χ2v) is 7.60. The zero-order valence-corrected chi connectivity index (χ0v) is 16.9. The Bertz CT molecular complexity index is 919. The van der Waals surface area contributed by atoms with Crippen LogP contribution in [0.1, 0.15) is 22.4 Å². The van der Waals surface area contributed by atoms with Gasteiger partial charge in [0.05, 0.1) is 18.7 Å². The van der Waals surface area contributed by atoms with Crippen molar-refractivity contribution in [2.75, 3.05) is 20.2 Å². The number of ether oxygens (including phenoxy) is 1. The van der Waals surface area contributed by atoms with Crippen molar-refractivity contribution in [1.82, 2.24) is 15.6 Å². The predicted molar refractivity (Wildman–Crippen MR) is 114 cm³/mol. The van der Waals surface area contributed by atoms with E-state index in [1.165, 1.54) is 21.2 Å². The quantitative estimate of drug-likeness (QED) is 0.480. The lowest BCUT2D eigenvalue weighted by Crippen LogP contribution is -2.38. The molecule has 0 saturated heterocycles. The smallest absolute Gasteiger partial charge is 0.191 e. The van der Waals surface area contributed by atoms with Gasteiger partial charge in [0, 0.05) is 30.6 Å². The minimum absolute atomic E-state index is 0.633. The molecule has 1 aromatic heterocycles. The average molecular weight is 383 g/mol. The standard InChI is InChI=1S/C21H26N4OS/c1-4-22-21(23-10-9-20-24-13-15(2)27-20)25-14-16-5-6-18-12-19(26-3)8-7-17(18)11-16/h5-8,11-13H,4,9-10,14H2,1-3H3,(H2,22,23,25). The second kappa shape index (κ2) is 9.37. The van der Waals surface area contributed by atoms with Crippen molar-refractivity contribution < 1.29 is 4.74 Å². The summed E-state index contributed by atoms with van der Waals surface area (Å²) in [5.41, 5.74) is 1.18. The van der Waals surface area contributed by atoms with Gasteiger partial charge in [0.15, 0.2) is 5.96 Å². The van der Waals surface area contributed by atoms with Crippen LogP contribution in [0.3, 0.4) is 0 Å². The number of hydrogen-bond acceptors (Lipinski definition) is 4. The monoisotopic (exact) mass is 382 g/mol. The van der Waals surface area contributed by atoms with Gasteiger partial charge in [-0.25, -0.2) is 9.98 Å². The molecule has 0 radical (unpaired) electrons. The molecule has 0 bridgehead atoms. The van der Waals surface area contributed by atoms with Gasteiger partial charge in [0.25, 0.3) is 0 Å². The van der Waals surface area contributed by atoms with Gasteiger partial charge < -0.3 is 15.4 Å². The van der Waals surface area contributed by atoms with Crippen LogP contribution in [0.4, 0.5) is 0 Å². The maximum atomic E-state index is 5.29. The van der Waals surface area contributed by atoms with E-state index < -0.39 is 0 Å². The molecule has 0 aliphatic rings. The molecule has 5 nitrogen and oxygen atoms in total. The first-order valence-electron chi connectivity index (χ1n) is 9.18. The van der Waals surface area contributed by atoms with Crippen LogP contribution >= 0.6 is 11.3 Å². The van der Waals surface area contributed by atoms with E-state index in [1.807, 2.05) is 18.3 Å². The highest BCUT2D eigenvalue weighted by Gasteiger charge is 2.02. The molecule has 27 heavy (non-hydrogen) atoms. The first-order chi connectivity index (χ1) is 13.2. The molecule has 0 saturated carbocycles. The molecule has 0 atom stereocenters. The highest BCUT2D eigenvalue weighted by molar-refractivity contribution is 7.11. The molecular formula is C21H26N4OS. The second-order valence-electron chi connectivity index (χ2n) is 6.28. The minimum atomic E-state index is 0.633. The lowest BCUT2D eigenvalue weighted by Gasteiger charge is -2.11. The van der Waals surface area contributed by atoms with E-state index in [0.29, 0.717) is 6.54 Å². The third-order valence-corrected chi connectivity index (χ3v) is 5.15. The van der Waals surface area contributed by atoms with E-state index in [4.69, 9.17) is 9.73 Å². The molecule has 6 heteroatoms. The largest absolute Gasteiger partial charge is 0.497 e. The Morgan fingerprint density at radius 3 is 2.70 bits per heavy atom. The van der Waals surface area contributed by atoms with Crippen molar-refractivity contribution in [1.29, 1.82) is 0 Å². The van der Waals surface area contributed by atoms with Crippen molar-refractivity contribution >= 4 is 28.1 Å². The van der Waals surface area contributed by atoms with Gasteiger partial charge in [-0.3, -0.25) is 0 Å². The number of benzene rings is 2. The summed E-state index contributed by atoms with van der Waals surface area (Å²) in [5, 5.41) is 10.2. The van der Waals surface area contributed by atoms with Gasteiger partial charge in [-0.15, -0.1) is 11.3 Å². The molecule has 3 aromatic rings. The van der Waals surface area contributed by atoms with Gasteiger partial charge in [0.1, 0.15) is 5.75 Å². The Hall–Kier alpha value is -2.60. The van der Waals surface area contributed by atoms with Crippen LogP contribution in [0, 0.1) is 6.92 Å².